The Bertz CT molecular complexity index is 599. The molecule has 0 unspecified atom stereocenters. The van der Waals surface area contributed by atoms with Crippen LogP contribution in [0.5, 0.6) is 0 Å². The lowest BCUT2D eigenvalue weighted by Crippen LogP contribution is -2.47. The van der Waals surface area contributed by atoms with Gasteiger partial charge in [-0.25, -0.2) is 4.39 Å². The molecule has 26 heavy (non-hydrogen) atoms. The van der Waals surface area contributed by atoms with Gasteiger partial charge in [-0.1, -0.05) is 36.9 Å². The Kier molecular flexibility index (Phi) is 7.29. The maximum Gasteiger partial charge on any atom is 0.221 e. The number of nitrogens with one attached hydrogen (secondary N) is 1. The highest BCUT2D eigenvalue weighted by Gasteiger charge is 2.20. The van der Waals surface area contributed by atoms with Crippen LogP contribution in [-0.2, 0) is 11.3 Å². The van der Waals surface area contributed by atoms with E-state index < -0.39 is 0 Å². The minimum Gasteiger partial charge on any atom is -0.353 e. The van der Waals surface area contributed by atoms with Gasteiger partial charge in [0.1, 0.15) is 5.82 Å². The Morgan fingerprint density at radius 3 is 2.50 bits per heavy atom. The fourth-order valence-electron chi connectivity index (χ4n) is 3.87. The van der Waals surface area contributed by atoms with Crippen molar-refractivity contribution in [1.82, 2.24) is 15.1 Å². The number of hydrogen-bond acceptors (Lipinski definition) is 3. The number of benzene rings is 1. The molecule has 1 N–H and O–H groups in total. The van der Waals surface area contributed by atoms with Crippen LogP contribution in [0.25, 0.3) is 0 Å². The summed E-state index contributed by atoms with van der Waals surface area (Å²) in [6, 6.07) is 4.99. The number of halogens is 2. The lowest BCUT2D eigenvalue weighted by atomic mass is 9.95. The van der Waals surface area contributed by atoms with Gasteiger partial charge in [-0.15, -0.1) is 0 Å². The van der Waals surface area contributed by atoms with Crippen molar-refractivity contribution in [1.29, 1.82) is 0 Å². The van der Waals surface area contributed by atoms with E-state index in [1.54, 1.807) is 6.07 Å². The van der Waals surface area contributed by atoms with Crippen LogP contribution >= 0.6 is 11.6 Å². The first-order valence-corrected chi connectivity index (χ1v) is 10.2. The Morgan fingerprint density at radius 2 is 1.81 bits per heavy atom. The zero-order valence-electron chi connectivity index (χ0n) is 15.4. The van der Waals surface area contributed by atoms with Crippen molar-refractivity contribution < 1.29 is 9.18 Å². The number of rotatable bonds is 6. The van der Waals surface area contributed by atoms with Crippen molar-refractivity contribution in [2.24, 2.45) is 0 Å². The van der Waals surface area contributed by atoms with Gasteiger partial charge in [0.05, 0.1) is 0 Å². The first-order valence-electron chi connectivity index (χ1n) is 9.78. The molecule has 1 saturated carbocycles. The van der Waals surface area contributed by atoms with Gasteiger partial charge < -0.3 is 10.2 Å². The second-order valence-electron chi connectivity index (χ2n) is 7.51. The normalized spacial score (nSPS) is 20.2. The molecule has 0 radical (unpaired) electrons. The first kappa shape index (κ1) is 19.6. The molecule has 0 atom stereocenters. The fourth-order valence-corrected chi connectivity index (χ4v) is 4.10. The second-order valence-corrected chi connectivity index (χ2v) is 7.91. The van der Waals surface area contributed by atoms with Gasteiger partial charge in [0.2, 0.25) is 5.91 Å². The number of amides is 1. The highest BCUT2D eigenvalue weighted by atomic mass is 35.5. The fraction of sp³-hybridized carbons (Fsp3) is 0.650. The first-order chi connectivity index (χ1) is 12.6. The molecule has 2 aliphatic rings. The summed E-state index contributed by atoms with van der Waals surface area (Å²) < 4.78 is 13.1. The molecule has 2 fully saturated rings. The molecular formula is C20H29ClFN3O. The zero-order valence-corrected chi connectivity index (χ0v) is 16.1. The minimum atomic E-state index is -0.296. The average Bonchev–Trinajstić information content (AvgIpc) is 2.64. The molecule has 1 aliphatic heterocycles. The van der Waals surface area contributed by atoms with Crippen molar-refractivity contribution in [2.75, 3.05) is 32.7 Å². The Labute approximate surface area is 160 Å². The minimum absolute atomic E-state index is 0.192. The van der Waals surface area contributed by atoms with E-state index in [0.717, 1.165) is 57.7 Å². The Balaban J connectivity index is 1.35. The molecule has 1 aromatic rings. The largest absolute Gasteiger partial charge is 0.353 e. The van der Waals surface area contributed by atoms with E-state index in [-0.39, 0.29) is 11.7 Å². The molecule has 1 saturated heterocycles. The third-order valence-corrected chi connectivity index (χ3v) is 5.85. The summed E-state index contributed by atoms with van der Waals surface area (Å²) in [5, 5.41) is 3.68. The summed E-state index contributed by atoms with van der Waals surface area (Å²) in [5.41, 5.74) is 0.966. The lowest BCUT2D eigenvalue weighted by molar-refractivity contribution is -0.122. The SMILES string of the molecule is O=C(CCN1CCN(Cc2ccc(F)cc2Cl)CC1)NC1CCCCC1. The van der Waals surface area contributed by atoms with Crippen LogP contribution in [-0.4, -0.2) is 54.5 Å². The van der Waals surface area contributed by atoms with E-state index in [9.17, 15) is 9.18 Å². The van der Waals surface area contributed by atoms with Crippen molar-refractivity contribution in [3.05, 3.63) is 34.6 Å². The van der Waals surface area contributed by atoms with E-state index in [1.807, 2.05) is 0 Å². The van der Waals surface area contributed by atoms with E-state index in [4.69, 9.17) is 11.6 Å². The number of nitrogens with zero attached hydrogens (tertiary/aromatic N) is 2. The van der Waals surface area contributed by atoms with E-state index in [0.29, 0.717) is 17.5 Å². The number of carbonyl (C=O) groups is 1. The summed E-state index contributed by atoms with van der Waals surface area (Å²) in [4.78, 5) is 16.8. The summed E-state index contributed by atoms with van der Waals surface area (Å²) >= 11 is 6.12. The van der Waals surface area contributed by atoms with Gasteiger partial charge in [-0.05, 0) is 30.5 Å². The zero-order chi connectivity index (χ0) is 18.4. The monoisotopic (exact) mass is 381 g/mol. The summed E-state index contributed by atoms with van der Waals surface area (Å²) in [5.74, 6) is -0.104. The average molecular weight is 382 g/mol. The standard InChI is InChI=1S/C20H29ClFN3O/c21-19-14-17(22)7-6-16(19)15-25-12-10-24(11-13-25)9-8-20(26)23-18-4-2-1-3-5-18/h6-7,14,18H,1-5,8-13,15H2,(H,23,26). The molecule has 0 aromatic heterocycles. The van der Waals surface area contributed by atoms with Crippen LogP contribution in [0, 0.1) is 5.82 Å². The van der Waals surface area contributed by atoms with Gasteiger partial charge in [0, 0.05) is 56.8 Å². The quantitative estimate of drug-likeness (QED) is 0.819. The molecule has 1 heterocycles. The highest BCUT2D eigenvalue weighted by molar-refractivity contribution is 6.31. The second kappa shape index (κ2) is 9.67. The van der Waals surface area contributed by atoms with E-state index in [1.165, 1.54) is 31.4 Å². The molecule has 3 rings (SSSR count). The molecule has 144 valence electrons. The van der Waals surface area contributed by atoms with Crippen molar-refractivity contribution in [3.63, 3.8) is 0 Å². The van der Waals surface area contributed by atoms with Gasteiger partial charge >= 0.3 is 0 Å². The Morgan fingerprint density at radius 1 is 1.12 bits per heavy atom. The predicted octanol–water partition coefficient (Wildman–Crippen LogP) is 3.44. The third kappa shape index (κ3) is 5.93. The third-order valence-electron chi connectivity index (χ3n) is 5.50. The van der Waals surface area contributed by atoms with Gasteiger partial charge in [-0.2, -0.15) is 0 Å². The molecule has 0 bridgehead atoms. The number of hydrogen-bond donors (Lipinski definition) is 1. The number of carbonyl (C=O) groups excluding carboxylic acids is 1. The van der Waals surface area contributed by atoms with Gasteiger partial charge in [0.15, 0.2) is 0 Å². The lowest BCUT2D eigenvalue weighted by Gasteiger charge is -2.34. The van der Waals surface area contributed by atoms with Gasteiger partial charge in [-0.3, -0.25) is 9.69 Å². The van der Waals surface area contributed by atoms with Crippen LogP contribution in [0.4, 0.5) is 4.39 Å². The summed E-state index contributed by atoms with van der Waals surface area (Å²) in [6.45, 7) is 5.36. The van der Waals surface area contributed by atoms with Crippen LogP contribution < -0.4 is 5.32 Å². The van der Waals surface area contributed by atoms with Crippen molar-refractivity contribution >= 4 is 17.5 Å². The van der Waals surface area contributed by atoms with E-state index in [2.05, 4.69) is 15.1 Å². The summed E-state index contributed by atoms with van der Waals surface area (Å²) in [6.07, 6.45) is 6.64. The van der Waals surface area contributed by atoms with Crippen LogP contribution in [0.2, 0.25) is 5.02 Å². The summed E-state index contributed by atoms with van der Waals surface area (Å²) in [7, 11) is 0. The van der Waals surface area contributed by atoms with Crippen molar-refractivity contribution in [3.8, 4) is 0 Å². The number of piperazine rings is 1. The molecule has 1 aromatic carbocycles. The predicted molar refractivity (Wildman–Crippen MR) is 103 cm³/mol. The van der Waals surface area contributed by atoms with Crippen LogP contribution in [0.15, 0.2) is 18.2 Å². The van der Waals surface area contributed by atoms with E-state index >= 15 is 0 Å². The molecule has 6 heteroatoms. The maximum atomic E-state index is 13.1. The molecule has 0 spiro atoms. The molecule has 1 aliphatic carbocycles. The maximum absolute atomic E-state index is 13.1. The molecule has 4 nitrogen and oxygen atoms in total. The molecule has 1 amide bonds. The van der Waals surface area contributed by atoms with Gasteiger partial charge in [0.25, 0.3) is 0 Å². The van der Waals surface area contributed by atoms with Crippen LogP contribution in [0.3, 0.4) is 0 Å². The van der Waals surface area contributed by atoms with Crippen molar-refractivity contribution in [2.45, 2.75) is 51.1 Å². The Hall–Kier alpha value is -1.17. The highest BCUT2D eigenvalue weighted by Crippen LogP contribution is 2.20. The topological polar surface area (TPSA) is 35.6 Å². The smallest absolute Gasteiger partial charge is 0.221 e. The molecular weight excluding hydrogens is 353 g/mol. The van der Waals surface area contributed by atoms with Crippen LogP contribution in [0.1, 0.15) is 44.1 Å².